The number of unbranched alkanes of at least 4 members (excludes halogenated alkanes) is 5. The van der Waals surface area contributed by atoms with Crippen molar-refractivity contribution in [1.29, 1.82) is 0 Å². The summed E-state index contributed by atoms with van der Waals surface area (Å²) in [5, 5.41) is 3.29. The van der Waals surface area contributed by atoms with Crippen LogP contribution in [-0.4, -0.2) is 58.5 Å². The molecule has 0 aromatic heterocycles. The minimum Gasteiger partial charge on any atom is -0.336 e. The number of aliphatic imine (C=N–C) groups is 1. The van der Waals surface area contributed by atoms with E-state index in [0.29, 0.717) is 0 Å². The van der Waals surface area contributed by atoms with Crippen molar-refractivity contribution in [3.05, 3.63) is 12.2 Å². The molecule has 25 heavy (non-hydrogen) atoms. The van der Waals surface area contributed by atoms with Gasteiger partial charge in [0.25, 0.3) is 5.91 Å². The van der Waals surface area contributed by atoms with Crippen molar-refractivity contribution in [2.24, 2.45) is 4.99 Å². The number of fused-ring (bicyclic) bond motifs is 1. The molecule has 0 aromatic rings. The summed E-state index contributed by atoms with van der Waals surface area (Å²) in [5.41, 5.74) is 1.07. The van der Waals surface area contributed by atoms with E-state index in [9.17, 15) is 9.59 Å². The van der Waals surface area contributed by atoms with Crippen molar-refractivity contribution in [2.75, 3.05) is 19.3 Å². The molecule has 2 aliphatic rings. The molecule has 2 aliphatic heterocycles. The Bertz CT molecular complexity index is 549. The maximum Gasteiger partial charge on any atom is 0.325 e. The minimum atomic E-state index is -0.422. The van der Waals surface area contributed by atoms with E-state index < -0.39 is 12.2 Å². The van der Waals surface area contributed by atoms with Gasteiger partial charge in [-0.2, -0.15) is 0 Å². The van der Waals surface area contributed by atoms with Crippen molar-refractivity contribution >= 4 is 28.9 Å². The highest BCUT2D eigenvalue weighted by Crippen LogP contribution is 2.29. The lowest BCUT2D eigenvalue weighted by molar-refractivity contribution is -0.127. The average molecular weight is 367 g/mol. The van der Waals surface area contributed by atoms with E-state index in [1.807, 2.05) is 6.92 Å². The molecule has 1 N–H and O–H groups in total. The Hall–Kier alpha value is -1.50. The number of nitrogens with zero attached hydrogens (tertiary/aromatic N) is 3. The minimum absolute atomic E-state index is 0.242. The first-order valence-corrected chi connectivity index (χ1v) is 10.1. The highest BCUT2D eigenvalue weighted by atomic mass is 32.2. The van der Waals surface area contributed by atoms with Crippen molar-refractivity contribution in [3.8, 4) is 0 Å². The zero-order chi connectivity index (χ0) is 18.4. The lowest BCUT2D eigenvalue weighted by Gasteiger charge is -2.36. The number of likely N-dealkylation sites (N-methyl/N-ethyl adjacent to an activating group) is 1. The van der Waals surface area contributed by atoms with Gasteiger partial charge in [-0.05, 0) is 13.3 Å². The van der Waals surface area contributed by atoms with E-state index >= 15 is 0 Å². The van der Waals surface area contributed by atoms with Crippen LogP contribution >= 0.6 is 11.8 Å². The molecular formula is C18H30N4O2S. The van der Waals surface area contributed by atoms with Gasteiger partial charge >= 0.3 is 6.03 Å². The summed E-state index contributed by atoms with van der Waals surface area (Å²) < 4.78 is 0. The summed E-state index contributed by atoms with van der Waals surface area (Å²) in [5.74, 6) is 0.527. The smallest absolute Gasteiger partial charge is 0.325 e. The first-order chi connectivity index (χ1) is 12.0. The highest BCUT2D eigenvalue weighted by molar-refractivity contribution is 8.13. The fourth-order valence-electron chi connectivity index (χ4n) is 3.11. The third-order valence-electron chi connectivity index (χ3n) is 4.52. The van der Waals surface area contributed by atoms with Gasteiger partial charge in [-0.25, -0.2) is 9.79 Å². The maximum atomic E-state index is 12.4. The Morgan fingerprint density at radius 2 is 1.92 bits per heavy atom. The van der Waals surface area contributed by atoms with Gasteiger partial charge in [0.2, 0.25) is 0 Å². The molecule has 2 atom stereocenters. The monoisotopic (exact) mass is 366 g/mol. The van der Waals surface area contributed by atoms with Crippen molar-refractivity contribution in [1.82, 2.24) is 15.1 Å². The molecule has 0 radical (unpaired) electrons. The molecular weight excluding hydrogens is 336 g/mol. The summed E-state index contributed by atoms with van der Waals surface area (Å²) in [4.78, 5) is 32.6. The molecule has 2 unspecified atom stereocenters. The number of carbonyl (C=O) groups excluding carboxylic acids is 2. The average Bonchev–Trinajstić information content (AvgIpc) is 2.93. The first kappa shape index (κ1) is 19.8. The number of imide groups is 1. The molecule has 2 heterocycles. The SMILES string of the molecule is C=C(C)CSC1=NC2C(C(=O)NC(=O)N2C)N1CCCCCCCC. The molecule has 0 aromatic carbocycles. The molecule has 6 nitrogen and oxygen atoms in total. The van der Waals surface area contributed by atoms with Crippen LogP contribution in [-0.2, 0) is 4.79 Å². The molecule has 1 fully saturated rings. The van der Waals surface area contributed by atoms with Crippen LogP contribution in [0.2, 0.25) is 0 Å². The normalized spacial score (nSPS) is 22.8. The summed E-state index contributed by atoms with van der Waals surface area (Å²) in [6.45, 7) is 8.93. The highest BCUT2D eigenvalue weighted by Gasteiger charge is 2.48. The van der Waals surface area contributed by atoms with Gasteiger partial charge in [0, 0.05) is 19.3 Å². The summed E-state index contributed by atoms with van der Waals surface area (Å²) in [6, 6.07) is -0.786. The Morgan fingerprint density at radius 3 is 2.60 bits per heavy atom. The number of amides is 3. The number of amidine groups is 1. The quantitative estimate of drug-likeness (QED) is 0.503. The van der Waals surface area contributed by atoms with Gasteiger partial charge in [0.15, 0.2) is 17.4 Å². The third-order valence-corrected chi connectivity index (χ3v) is 5.76. The van der Waals surface area contributed by atoms with Crippen LogP contribution in [0.3, 0.4) is 0 Å². The number of urea groups is 1. The number of rotatable bonds is 9. The van der Waals surface area contributed by atoms with Crippen LogP contribution in [0.5, 0.6) is 0 Å². The lowest BCUT2D eigenvalue weighted by Crippen LogP contribution is -2.63. The first-order valence-electron chi connectivity index (χ1n) is 9.15. The van der Waals surface area contributed by atoms with Gasteiger partial charge in [-0.15, -0.1) is 0 Å². The second kappa shape index (κ2) is 9.27. The second-order valence-corrected chi connectivity index (χ2v) is 7.82. The molecule has 140 valence electrons. The predicted octanol–water partition coefficient (Wildman–Crippen LogP) is 3.20. The zero-order valence-electron chi connectivity index (χ0n) is 15.6. The van der Waals surface area contributed by atoms with Crippen LogP contribution in [0, 0.1) is 0 Å². The van der Waals surface area contributed by atoms with Gasteiger partial charge in [-0.1, -0.05) is 62.9 Å². The summed E-state index contributed by atoms with van der Waals surface area (Å²) in [7, 11) is 1.69. The number of nitrogens with one attached hydrogen (secondary N) is 1. The predicted molar refractivity (Wildman–Crippen MR) is 104 cm³/mol. The molecule has 0 bridgehead atoms. The van der Waals surface area contributed by atoms with Gasteiger partial charge in [-0.3, -0.25) is 10.1 Å². The van der Waals surface area contributed by atoms with Gasteiger partial charge in [0.1, 0.15) is 0 Å². The maximum absolute atomic E-state index is 12.4. The van der Waals surface area contributed by atoms with E-state index in [0.717, 1.165) is 35.9 Å². The topological polar surface area (TPSA) is 65.0 Å². The Labute approximate surface area is 155 Å². The number of carbonyl (C=O) groups is 2. The zero-order valence-corrected chi connectivity index (χ0v) is 16.4. The van der Waals surface area contributed by atoms with Gasteiger partial charge in [0.05, 0.1) is 0 Å². The molecule has 0 aliphatic carbocycles. The van der Waals surface area contributed by atoms with E-state index in [1.54, 1.807) is 18.8 Å². The van der Waals surface area contributed by atoms with E-state index in [1.165, 1.54) is 30.6 Å². The van der Waals surface area contributed by atoms with Crippen LogP contribution in [0.25, 0.3) is 0 Å². The van der Waals surface area contributed by atoms with E-state index in [4.69, 9.17) is 0 Å². The van der Waals surface area contributed by atoms with E-state index in [-0.39, 0.29) is 11.9 Å². The van der Waals surface area contributed by atoms with E-state index in [2.05, 4.69) is 28.7 Å². The standard InChI is InChI=1S/C18H30N4O2S/c1-5-6-7-8-9-10-11-22-14-15(19-18(22)25-12-13(2)3)21(4)17(24)20-16(14)23/h14-15H,2,5-12H2,1,3-4H3,(H,20,23,24). The van der Waals surface area contributed by atoms with Crippen LogP contribution in [0.4, 0.5) is 4.79 Å². The van der Waals surface area contributed by atoms with Gasteiger partial charge < -0.3 is 9.80 Å². The molecule has 0 saturated carbocycles. The lowest BCUT2D eigenvalue weighted by atomic mass is 10.1. The molecule has 7 heteroatoms. The second-order valence-electron chi connectivity index (χ2n) is 6.88. The largest absolute Gasteiger partial charge is 0.336 e. The number of hydrogen-bond acceptors (Lipinski definition) is 5. The number of thioether (sulfide) groups is 1. The fraction of sp³-hybridized carbons (Fsp3) is 0.722. The Morgan fingerprint density at radius 1 is 1.24 bits per heavy atom. The van der Waals surface area contributed by atoms with Crippen LogP contribution in [0.1, 0.15) is 52.4 Å². The fourth-order valence-corrected chi connectivity index (χ4v) is 4.03. The third kappa shape index (κ3) is 5.00. The molecule has 2 rings (SSSR count). The van der Waals surface area contributed by atoms with Crippen LogP contribution in [0.15, 0.2) is 17.1 Å². The Kier molecular flexibility index (Phi) is 7.35. The molecule has 3 amide bonds. The molecule has 1 saturated heterocycles. The van der Waals surface area contributed by atoms with Crippen molar-refractivity contribution in [2.45, 2.75) is 64.6 Å². The van der Waals surface area contributed by atoms with Crippen molar-refractivity contribution in [3.63, 3.8) is 0 Å². The summed E-state index contributed by atoms with van der Waals surface area (Å²) in [6.07, 6.45) is 6.79. The molecule has 0 spiro atoms. The summed E-state index contributed by atoms with van der Waals surface area (Å²) >= 11 is 1.60. The van der Waals surface area contributed by atoms with Crippen molar-refractivity contribution < 1.29 is 9.59 Å². The van der Waals surface area contributed by atoms with Crippen LogP contribution < -0.4 is 5.32 Å². The number of hydrogen-bond donors (Lipinski definition) is 1. The Balaban J connectivity index is 2.01.